The molecular weight excluding hydrogens is 344 g/mol. The van der Waals surface area contributed by atoms with Crippen LogP contribution in [0.25, 0.3) is 11.0 Å². The molecule has 0 aliphatic carbocycles. The Morgan fingerprint density at radius 2 is 2.15 bits per heavy atom. The first kappa shape index (κ1) is 17.8. The van der Waals surface area contributed by atoms with E-state index in [1.54, 1.807) is 10.9 Å². The van der Waals surface area contributed by atoms with E-state index in [2.05, 4.69) is 10.00 Å². The first-order valence-electron chi connectivity index (χ1n) is 9.07. The summed E-state index contributed by atoms with van der Waals surface area (Å²) in [4.78, 5) is 17.3. The second kappa shape index (κ2) is 7.17. The Morgan fingerprint density at radius 3 is 2.85 bits per heavy atom. The molecule has 0 radical (unpaired) electrons. The molecule has 1 aromatic carbocycles. The minimum atomic E-state index is -0.212. The Hall–Kier alpha value is -2.64. The number of aromatic nitrogens is 2. The Balaban J connectivity index is 1.70. The lowest BCUT2D eigenvalue weighted by Gasteiger charge is -2.41. The number of fused-ring (bicyclic) bond motifs is 1. The van der Waals surface area contributed by atoms with Crippen LogP contribution in [-0.2, 0) is 11.8 Å². The zero-order valence-electron chi connectivity index (χ0n) is 15.8. The van der Waals surface area contributed by atoms with Crippen LogP contribution in [0.3, 0.4) is 0 Å². The third-order valence-electron chi connectivity index (χ3n) is 4.86. The standard InChI is InChI=1S/C20H24N4O3/c1-22(2)13-18-19(15-11-21-23(3)12-15)24(8-9-26-18)20(25)17-10-14-6-4-5-7-16(14)27-17/h4-7,10-12,18-19H,8-9,13H2,1-3H3/t18-,19-/m0/s1. The van der Waals surface area contributed by atoms with Crippen LogP contribution in [0.5, 0.6) is 0 Å². The van der Waals surface area contributed by atoms with Crippen LogP contribution in [0, 0.1) is 0 Å². The largest absolute Gasteiger partial charge is 0.451 e. The van der Waals surface area contributed by atoms with Gasteiger partial charge < -0.3 is 19.0 Å². The molecule has 7 nitrogen and oxygen atoms in total. The van der Waals surface area contributed by atoms with E-state index in [0.29, 0.717) is 25.5 Å². The summed E-state index contributed by atoms with van der Waals surface area (Å²) in [5.74, 6) is 0.239. The number of ether oxygens (including phenoxy) is 1. The number of rotatable bonds is 4. The van der Waals surface area contributed by atoms with Crippen molar-refractivity contribution in [3.63, 3.8) is 0 Å². The second-order valence-electron chi connectivity index (χ2n) is 7.21. The molecule has 3 heterocycles. The SMILES string of the molecule is CN(C)C[C@@H]1OCCN(C(=O)c2cc3ccccc3o2)[C@H]1c1cnn(C)c1. The highest BCUT2D eigenvalue weighted by Crippen LogP contribution is 2.32. The normalized spacial score (nSPS) is 20.5. The summed E-state index contributed by atoms with van der Waals surface area (Å²) in [7, 11) is 5.88. The Kier molecular flexibility index (Phi) is 4.72. The summed E-state index contributed by atoms with van der Waals surface area (Å²) >= 11 is 0. The van der Waals surface area contributed by atoms with Crippen molar-refractivity contribution in [3.05, 3.63) is 54.0 Å². The summed E-state index contributed by atoms with van der Waals surface area (Å²) in [6.45, 7) is 1.73. The fourth-order valence-corrected chi connectivity index (χ4v) is 3.69. The predicted octanol–water partition coefficient (Wildman–Crippen LogP) is 2.31. The number of furan rings is 1. The molecule has 1 amide bonds. The highest BCUT2D eigenvalue weighted by molar-refractivity contribution is 5.96. The van der Waals surface area contributed by atoms with Crippen molar-refractivity contribution < 1.29 is 13.9 Å². The molecule has 1 fully saturated rings. The van der Waals surface area contributed by atoms with Gasteiger partial charge in [0.05, 0.1) is 24.9 Å². The van der Waals surface area contributed by atoms with E-state index in [1.807, 2.05) is 62.6 Å². The van der Waals surface area contributed by atoms with Gasteiger partial charge in [0.1, 0.15) is 5.58 Å². The third kappa shape index (κ3) is 3.48. The number of hydrogen-bond donors (Lipinski definition) is 0. The van der Waals surface area contributed by atoms with Gasteiger partial charge >= 0.3 is 0 Å². The molecule has 0 N–H and O–H groups in total. The van der Waals surface area contributed by atoms with Crippen LogP contribution >= 0.6 is 0 Å². The van der Waals surface area contributed by atoms with E-state index < -0.39 is 0 Å². The van der Waals surface area contributed by atoms with E-state index in [9.17, 15) is 4.79 Å². The van der Waals surface area contributed by atoms with E-state index >= 15 is 0 Å². The zero-order valence-corrected chi connectivity index (χ0v) is 15.8. The third-order valence-corrected chi connectivity index (χ3v) is 4.86. The van der Waals surface area contributed by atoms with Crippen LogP contribution < -0.4 is 0 Å². The molecule has 7 heteroatoms. The molecule has 1 aliphatic rings. The van der Waals surface area contributed by atoms with Gasteiger partial charge in [0.2, 0.25) is 0 Å². The van der Waals surface area contributed by atoms with Crippen molar-refractivity contribution in [1.82, 2.24) is 19.6 Å². The molecule has 2 aromatic heterocycles. The average Bonchev–Trinajstić information content (AvgIpc) is 3.26. The van der Waals surface area contributed by atoms with Gasteiger partial charge in [-0.3, -0.25) is 9.48 Å². The minimum absolute atomic E-state index is 0.118. The smallest absolute Gasteiger partial charge is 0.290 e. The van der Waals surface area contributed by atoms with Crippen molar-refractivity contribution in [2.45, 2.75) is 12.1 Å². The van der Waals surface area contributed by atoms with E-state index in [4.69, 9.17) is 9.15 Å². The summed E-state index contributed by atoms with van der Waals surface area (Å²) in [5, 5.41) is 5.22. The molecule has 1 aliphatic heterocycles. The summed E-state index contributed by atoms with van der Waals surface area (Å²) in [6.07, 6.45) is 3.62. The number of aryl methyl sites for hydroxylation is 1. The van der Waals surface area contributed by atoms with Gasteiger partial charge in [-0.15, -0.1) is 0 Å². The molecular formula is C20H24N4O3. The van der Waals surface area contributed by atoms with Gasteiger partial charge in [0.15, 0.2) is 5.76 Å². The van der Waals surface area contributed by atoms with Crippen molar-refractivity contribution in [3.8, 4) is 0 Å². The maximum Gasteiger partial charge on any atom is 0.290 e. The van der Waals surface area contributed by atoms with E-state index in [1.165, 1.54) is 0 Å². The number of para-hydroxylation sites is 1. The van der Waals surface area contributed by atoms with Crippen LogP contribution in [0.15, 0.2) is 47.1 Å². The first-order chi connectivity index (χ1) is 13.0. The molecule has 0 saturated carbocycles. The Labute approximate surface area is 158 Å². The Morgan fingerprint density at radius 1 is 1.33 bits per heavy atom. The molecule has 4 rings (SSSR count). The van der Waals surface area contributed by atoms with Gasteiger partial charge in [-0.1, -0.05) is 18.2 Å². The van der Waals surface area contributed by atoms with Crippen LogP contribution in [0.1, 0.15) is 22.2 Å². The molecule has 0 bridgehead atoms. The fourth-order valence-electron chi connectivity index (χ4n) is 3.69. The summed E-state index contributed by atoms with van der Waals surface area (Å²) in [5.41, 5.74) is 1.69. The van der Waals surface area contributed by atoms with Crippen molar-refractivity contribution in [2.24, 2.45) is 7.05 Å². The maximum atomic E-state index is 13.3. The topological polar surface area (TPSA) is 63.7 Å². The van der Waals surface area contributed by atoms with Crippen molar-refractivity contribution in [2.75, 3.05) is 33.8 Å². The molecule has 142 valence electrons. The zero-order chi connectivity index (χ0) is 19.0. The number of nitrogens with zero attached hydrogens (tertiary/aromatic N) is 4. The molecule has 0 unspecified atom stereocenters. The molecule has 1 saturated heterocycles. The van der Waals surface area contributed by atoms with Crippen molar-refractivity contribution in [1.29, 1.82) is 0 Å². The lowest BCUT2D eigenvalue weighted by molar-refractivity contribution is -0.0691. The fraction of sp³-hybridized carbons (Fsp3) is 0.400. The van der Waals surface area contributed by atoms with Gasteiger partial charge in [-0.25, -0.2) is 0 Å². The van der Waals surface area contributed by atoms with E-state index in [-0.39, 0.29) is 18.1 Å². The number of hydrogen-bond acceptors (Lipinski definition) is 5. The first-order valence-corrected chi connectivity index (χ1v) is 9.07. The predicted molar refractivity (Wildman–Crippen MR) is 101 cm³/mol. The lowest BCUT2D eigenvalue weighted by Crippen LogP contribution is -2.51. The highest BCUT2D eigenvalue weighted by atomic mass is 16.5. The molecule has 2 atom stereocenters. The highest BCUT2D eigenvalue weighted by Gasteiger charge is 2.38. The van der Waals surface area contributed by atoms with Crippen LogP contribution in [0.2, 0.25) is 0 Å². The molecule has 27 heavy (non-hydrogen) atoms. The van der Waals surface area contributed by atoms with Crippen LogP contribution in [0.4, 0.5) is 0 Å². The quantitative estimate of drug-likeness (QED) is 0.707. The van der Waals surface area contributed by atoms with Gasteiger partial charge in [0.25, 0.3) is 5.91 Å². The number of carbonyl (C=O) groups is 1. The van der Waals surface area contributed by atoms with Gasteiger partial charge in [-0.2, -0.15) is 5.10 Å². The van der Waals surface area contributed by atoms with Crippen molar-refractivity contribution >= 4 is 16.9 Å². The molecule has 3 aromatic rings. The number of benzene rings is 1. The second-order valence-corrected chi connectivity index (χ2v) is 7.21. The molecule has 0 spiro atoms. The van der Waals surface area contributed by atoms with Gasteiger partial charge in [-0.05, 0) is 26.2 Å². The van der Waals surface area contributed by atoms with E-state index in [0.717, 1.165) is 16.5 Å². The average molecular weight is 368 g/mol. The van der Waals surface area contributed by atoms with Gasteiger partial charge in [0, 0.05) is 37.3 Å². The van der Waals surface area contributed by atoms with Crippen LogP contribution in [-0.4, -0.2) is 65.4 Å². The Bertz CT molecular complexity index is 913. The maximum absolute atomic E-state index is 13.3. The number of likely N-dealkylation sites (N-methyl/N-ethyl adjacent to an activating group) is 1. The lowest BCUT2D eigenvalue weighted by atomic mass is 10.00. The minimum Gasteiger partial charge on any atom is -0.451 e. The summed E-state index contributed by atoms with van der Waals surface area (Å²) < 4.78 is 13.6. The number of amides is 1. The number of carbonyl (C=O) groups excluding carboxylic acids is 1. The summed E-state index contributed by atoms with van der Waals surface area (Å²) in [6, 6.07) is 9.26. The number of morpholine rings is 1. The monoisotopic (exact) mass is 368 g/mol.